The number of nitrogens with zero attached hydrogens (tertiary/aromatic N) is 1. The van der Waals surface area contributed by atoms with E-state index in [-0.39, 0.29) is 0 Å². The zero-order chi connectivity index (χ0) is 16.5. The SMILES string of the molecule is c1ccc(CCN=C(NNc2ccccc2)c2ccccc2)cc1. The number of benzene rings is 3. The van der Waals surface area contributed by atoms with Crippen molar-refractivity contribution >= 4 is 11.5 Å². The lowest BCUT2D eigenvalue weighted by atomic mass is 10.1. The van der Waals surface area contributed by atoms with Crippen LogP contribution in [0.4, 0.5) is 5.69 Å². The van der Waals surface area contributed by atoms with Crippen molar-refractivity contribution in [3.63, 3.8) is 0 Å². The average molecular weight is 315 g/mol. The summed E-state index contributed by atoms with van der Waals surface area (Å²) >= 11 is 0. The van der Waals surface area contributed by atoms with Gasteiger partial charge in [-0.25, -0.2) is 0 Å². The lowest BCUT2D eigenvalue weighted by Crippen LogP contribution is -2.30. The summed E-state index contributed by atoms with van der Waals surface area (Å²) in [6.07, 6.45) is 0.921. The maximum Gasteiger partial charge on any atom is 0.147 e. The van der Waals surface area contributed by atoms with Gasteiger partial charge in [-0.2, -0.15) is 0 Å². The number of anilines is 1. The molecule has 0 saturated heterocycles. The van der Waals surface area contributed by atoms with Crippen molar-refractivity contribution in [3.05, 3.63) is 102 Å². The predicted octanol–water partition coefficient (Wildman–Crippen LogP) is 4.29. The molecule has 0 amide bonds. The molecule has 0 aliphatic rings. The quantitative estimate of drug-likeness (QED) is 0.404. The molecule has 0 aliphatic heterocycles. The second kappa shape index (κ2) is 8.53. The molecule has 0 aromatic heterocycles. The Balaban J connectivity index is 1.68. The molecule has 0 heterocycles. The summed E-state index contributed by atoms with van der Waals surface area (Å²) in [6, 6.07) is 30.6. The summed E-state index contributed by atoms with van der Waals surface area (Å²) in [7, 11) is 0. The molecule has 3 aromatic rings. The molecule has 120 valence electrons. The first-order chi connectivity index (χ1) is 11.9. The van der Waals surface area contributed by atoms with Crippen LogP contribution in [0.2, 0.25) is 0 Å². The highest BCUT2D eigenvalue weighted by molar-refractivity contribution is 5.99. The van der Waals surface area contributed by atoms with Crippen LogP contribution in [0.25, 0.3) is 0 Å². The molecule has 0 saturated carbocycles. The molecule has 3 aromatic carbocycles. The van der Waals surface area contributed by atoms with Gasteiger partial charge in [0.1, 0.15) is 5.84 Å². The summed E-state index contributed by atoms with van der Waals surface area (Å²) < 4.78 is 0. The smallest absolute Gasteiger partial charge is 0.147 e. The molecule has 0 unspecified atom stereocenters. The van der Waals surface area contributed by atoms with Crippen molar-refractivity contribution < 1.29 is 0 Å². The van der Waals surface area contributed by atoms with Crippen molar-refractivity contribution in [2.24, 2.45) is 4.99 Å². The highest BCUT2D eigenvalue weighted by Gasteiger charge is 2.02. The number of para-hydroxylation sites is 1. The van der Waals surface area contributed by atoms with Gasteiger partial charge < -0.3 is 0 Å². The Kier molecular flexibility index (Phi) is 5.62. The fourth-order valence-electron chi connectivity index (χ4n) is 2.39. The lowest BCUT2D eigenvalue weighted by molar-refractivity contribution is 0.949. The fourth-order valence-corrected chi connectivity index (χ4v) is 2.39. The van der Waals surface area contributed by atoms with E-state index in [9.17, 15) is 0 Å². The first-order valence-corrected chi connectivity index (χ1v) is 8.13. The average Bonchev–Trinajstić information content (AvgIpc) is 2.67. The van der Waals surface area contributed by atoms with Gasteiger partial charge in [0.05, 0.1) is 5.69 Å². The van der Waals surface area contributed by atoms with E-state index < -0.39 is 0 Å². The van der Waals surface area contributed by atoms with Crippen molar-refractivity contribution in [2.75, 3.05) is 12.0 Å². The van der Waals surface area contributed by atoms with Gasteiger partial charge in [-0.3, -0.25) is 15.8 Å². The molecule has 3 rings (SSSR count). The Morgan fingerprint density at radius 2 is 1.29 bits per heavy atom. The second-order valence-corrected chi connectivity index (χ2v) is 5.45. The van der Waals surface area contributed by atoms with E-state index in [1.54, 1.807) is 0 Å². The van der Waals surface area contributed by atoms with Gasteiger partial charge >= 0.3 is 0 Å². The minimum Gasteiger partial charge on any atom is -0.300 e. The van der Waals surface area contributed by atoms with E-state index in [1.165, 1.54) is 5.56 Å². The largest absolute Gasteiger partial charge is 0.300 e. The molecule has 3 heteroatoms. The monoisotopic (exact) mass is 315 g/mol. The zero-order valence-electron chi connectivity index (χ0n) is 13.5. The van der Waals surface area contributed by atoms with Crippen molar-refractivity contribution in [2.45, 2.75) is 6.42 Å². The van der Waals surface area contributed by atoms with Crippen LogP contribution in [0, 0.1) is 0 Å². The Hall–Kier alpha value is -3.07. The van der Waals surface area contributed by atoms with Gasteiger partial charge in [0.25, 0.3) is 0 Å². The molecular weight excluding hydrogens is 294 g/mol. The van der Waals surface area contributed by atoms with E-state index in [2.05, 4.69) is 47.2 Å². The maximum absolute atomic E-state index is 4.75. The van der Waals surface area contributed by atoms with E-state index in [0.717, 1.165) is 30.1 Å². The topological polar surface area (TPSA) is 36.4 Å². The van der Waals surface area contributed by atoms with Crippen LogP contribution in [-0.2, 0) is 6.42 Å². The predicted molar refractivity (Wildman–Crippen MR) is 101 cm³/mol. The second-order valence-electron chi connectivity index (χ2n) is 5.45. The van der Waals surface area contributed by atoms with E-state index in [0.29, 0.717) is 0 Å². The summed E-state index contributed by atoms with van der Waals surface area (Å²) in [6.45, 7) is 0.734. The third-order valence-electron chi connectivity index (χ3n) is 3.66. The van der Waals surface area contributed by atoms with E-state index >= 15 is 0 Å². The molecule has 3 nitrogen and oxygen atoms in total. The van der Waals surface area contributed by atoms with Gasteiger partial charge in [0.2, 0.25) is 0 Å². The third kappa shape index (κ3) is 4.71. The number of amidine groups is 1. The number of hydrogen-bond acceptors (Lipinski definition) is 2. The van der Waals surface area contributed by atoms with Gasteiger partial charge in [-0.05, 0) is 24.1 Å². The van der Waals surface area contributed by atoms with Crippen LogP contribution in [0.15, 0.2) is 96.0 Å². The van der Waals surface area contributed by atoms with Crippen LogP contribution in [0.5, 0.6) is 0 Å². The molecule has 2 N–H and O–H groups in total. The Bertz CT molecular complexity index is 753. The molecule has 0 aliphatic carbocycles. The third-order valence-corrected chi connectivity index (χ3v) is 3.66. The normalized spacial score (nSPS) is 11.1. The minimum atomic E-state index is 0.734. The Labute approximate surface area is 143 Å². The maximum atomic E-state index is 4.75. The van der Waals surface area contributed by atoms with Gasteiger partial charge in [-0.15, -0.1) is 0 Å². The zero-order valence-corrected chi connectivity index (χ0v) is 13.5. The molecule has 0 bridgehead atoms. The summed E-state index contributed by atoms with van der Waals surface area (Å²) in [5.74, 6) is 0.843. The molecule has 24 heavy (non-hydrogen) atoms. The number of nitrogens with one attached hydrogen (secondary N) is 2. The molecule has 0 radical (unpaired) electrons. The number of aliphatic imine (C=N–C) groups is 1. The van der Waals surface area contributed by atoms with Crippen molar-refractivity contribution in [1.82, 2.24) is 5.43 Å². The Morgan fingerprint density at radius 3 is 1.96 bits per heavy atom. The standard InChI is InChI=1S/C21H21N3/c1-4-10-18(11-5-1)16-17-22-21(19-12-6-2-7-13-19)24-23-20-14-8-3-9-15-20/h1-15,23H,16-17H2,(H,22,24). The number of hydrazine groups is 1. The number of hydrogen-bond donors (Lipinski definition) is 2. The van der Waals surface area contributed by atoms with Crippen molar-refractivity contribution in [1.29, 1.82) is 0 Å². The minimum absolute atomic E-state index is 0.734. The van der Waals surface area contributed by atoms with Crippen LogP contribution in [0.1, 0.15) is 11.1 Å². The summed E-state index contributed by atoms with van der Waals surface area (Å²) in [5, 5.41) is 0. The highest BCUT2D eigenvalue weighted by atomic mass is 15.4. The highest BCUT2D eigenvalue weighted by Crippen LogP contribution is 2.06. The van der Waals surface area contributed by atoms with Crippen molar-refractivity contribution in [3.8, 4) is 0 Å². The summed E-state index contributed by atoms with van der Waals surface area (Å²) in [4.78, 5) is 4.75. The van der Waals surface area contributed by atoms with Crippen LogP contribution >= 0.6 is 0 Å². The van der Waals surface area contributed by atoms with Crippen LogP contribution in [-0.4, -0.2) is 12.4 Å². The first-order valence-electron chi connectivity index (χ1n) is 8.13. The Morgan fingerprint density at radius 1 is 0.708 bits per heavy atom. The molecule has 0 fully saturated rings. The van der Waals surface area contributed by atoms with E-state index in [4.69, 9.17) is 4.99 Å². The first kappa shape index (κ1) is 15.8. The molecule has 0 atom stereocenters. The number of rotatable bonds is 6. The van der Waals surface area contributed by atoms with Gasteiger partial charge in [0, 0.05) is 12.1 Å². The van der Waals surface area contributed by atoms with E-state index in [1.807, 2.05) is 54.6 Å². The summed E-state index contributed by atoms with van der Waals surface area (Å²) in [5.41, 5.74) is 9.81. The van der Waals surface area contributed by atoms with Gasteiger partial charge in [-0.1, -0.05) is 78.9 Å². The fraction of sp³-hybridized carbons (Fsp3) is 0.0952. The van der Waals surface area contributed by atoms with Crippen LogP contribution in [0.3, 0.4) is 0 Å². The molecular formula is C21H21N3. The van der Waals surface area contributed by atoms with Crippen LogP contribution < -0.4 is 10.9 Å². The lowest BCUT2D eigenvalue weighted by Gasteiger charge is -2.13. The molecule has 0 spiro atoms. The van der Waals surface area contributed by atoms with Gasteiger partial charge in [0.15, 0.2) is 0 Å².